The summed E-state index contributed by atoms with van der Waals surface area (Å²) >= 11 is 5.88. The van der Waals surface area contributed by atoms with Gasteiger partial charge < -0.3 is 11.1 Å². The van der Waals surface area contributed by atoms with Gasteiger partial charge in [-0.15, -0.1) is 0 Å². The first kappa shape index (κ1) is 26.3. The lowest BCUT2D eigenvalue weighted by Gasteiger charge is -2.29. The SMILES string of the molecule is CCNC(=O)c1ccc(CN(C(C(N)=O)c2ccc(F)cc2F)S(=O)(=O)c2ccc(Cl)cc2)cc1. The Morgan fingerprint density at radius 1 is 1.03 bits per heavy atom. The van der Waals surface area contributed by atoms with Crippen LogP contribution in [0.15, 0.2) is 71.6 Å². The number of nitrogens with one attached hydrogen (secondary N) is 1. The van der Waals surface area contributed by atoms with Gasteiger partial charge in [0, 0.05) is 35.3 Å². The molecule has 0 aromatic heterocycles. The van der Waals surface area contributed by atoms with Crippen molar-refractivity contribution in [1.82, 2.24) is 9.62 Å². The lowest BCUT2D eigenvalue weighted by atomic mass is 10.0. The summed E-state index contributed by atoms with van der Waals surface area (Å²) in [6, 6.07) is 11.8. The minimum absolute atomic E-state index is 0.213. The fourth-order valence-corrected chi connectivity index (χ4v) is 5.13. The number of primary amides is 1. The average Bonchev–Trinajstić information content (AvgIpc) is 2.80. The van der Waals surface area contributed by atoms with Crippen LogP contribution in [-0.4, -0.2) is 31.1 Å². The van der Waals surface area contributed by atoms with Crippen molar-refractivity contribution < 1.29 is 26.8 Å². The van der Waals surface area contributed by atoms with E-state index in [1.165, 1.54) is 48.5 Å². The van der Waals surface area contributed by atoms with Crippen LogP contribution in [0, 0.1) is 11.6 Å². The van der Waals surface area contributed by atoms with Crippen molar-refractivity contribution >= 4 is 33.4 Å². The van der Waals surface area contributed by atoms with Gasteiger partial charge in [-0.25, -0.2) is 17.2 Å². The predicted octanol–water partition coefficient (Wildman–Crippen LogP) is 3.79. The number of hydrogen-bond donors (Lipinski definition) is 2. The molecular formula is C24H22ClF2N3O4S. The molecule has 184 valence electrons. The molecule has 0 fully saturated rings. The summed E-state index contributed by atoms with van der Waals surface area (Å²) in [5, 5.41) is 2.93. The van der Waals surface area contributed by atoms with Gasteiger partial charge in [-0.05, 0) is 55.0 Å². The van der Waals surface area contributed by atoms with Gasteiger partial charge >= 0.3 is 0 Å². The van der Waals surface area contributed by atoms with Crippen LogP contribution < -0.4 is 11.1 Å². The molecule has 0 aliphatic carbocycles. The highest BCUT2D eigenvalue weighted by molar-refractivity contribution is 7.89. The van der Waals surface area contributed by atoms with Crippen molar-refractivity contribution in [2.75, 3.05) is 6.54 Å². The minimum Gasteiger partial charge on any atom is -0.368 e. The molecule has 0 saturated heterocycles. The molecule has 0 radical (unpaired) electrons. The van der Waals surface area contributed by atoms with Crippen molar-refractivity contribution in [3.05, 3.63) is 100 Å². The molecule has 7 nitrogen and oxygen atoms in total. The van der Waals surface area contributed by atoms with Crippen molar-refractivity contribution in [2.24, 2.45) is 5.73 Å². The lowest BCUT2D eigenvalue weighted by Crippen LogP contribution is -2.41. The molecule has 0 heterocycles. The zero-order chi connectivity index (χ0) is 25.8. The second kappa shape index (κ2) is 10.9. The minimum atomic E-state index is -4.44. The van der Waals surface area contributed by atoms with Gasteiger partial charge in [0.15, 0.2) is 0 Å². The van der Waals surface area contributed by atoms with Crippen LogP contribution in [0.25, 0.3) is 0 Å². The molecule has 0 aliphatic rings. The quantitative estimate of drug-likeness (QED) is 0.446. The van der Waals surface area contributed by atoms with Crippen LogP contribution in [0.2, 0.25) is 5.02 Å². The number of halogens is 3. The number of carbonyl (C=O) groups excluding carboxylic acids is 2. The predicted molar refractivity (Wildman–Crippen MR) is 127 cm³/mol. The zero-order valence-electron chi connectivity index (χ0n) is 18.5. The molecule has 3 aromatic rings. The Labute approximate surface area is 206 Å². The molecule has 1 unspecified atom stereocenters. The first-order valence-corrected chi connectivity index (χ1v) is 12.2. The normalized spacial score (nSPS) is 12.4. The fraction of sp³-hybridized carbons (Fsp3) is 0.167. The van der Waals surface area contributed by atoms with Gasteiger partial charge in [0.25, 0.3) is 5.91 Å². The van der Waals surface area contributed by atoms with Gasteiger partial charge in [-0.2, -0.15) is 4.31 Å². The number of sulfonamides is 1. The van der Waals surface area contributed by atoms with Crippen LogP contribution in [0.5, 0.6) is 0 Å². The highest BCUT2D eigenvalue weighted by Gasteiger charge is 2.37. The van der Waals surface area contributed by atoms with Gasteiger partial charge in [-0.1, -0.05) is 29.8 Å². The molecule has 0 spiro atoms. The second-order valence-electron chi connectivity index (χ2n) is 7.53. The third-order valence-corrected chi connectivity index (χ3v) is 7.20. The highest BCUT2D eigenvalue weighted by Crippen LogP contribution is 2.32. The zero-order valence-corrected chi connectivity index (χ0v) is 20.1. The Morgan fingerprint density at radius 2 is 1.66 bits per heavy atom. The van der Waals surface area contributed by atoms with Crippen molar-refractivity contribution in [1.29, 1.82) is 0 Å². The summed E-state index contributed by atoms with van der Waals surface area (Å²) in [7, 11) is -4.44. The maximum Gasteiger partial charge on any atom is 0.251 e. The summed E-state index contributed by atoms with van der Waals surface area (Å²) in [6.07, 6.45) is 0. The van der Waals surface area contributed by atoms with Crippen LogP contribution >= 0.6 is 11.6 Å². The molecule has 0 bridgehead atoms. The summed E-state index contributed by atoms with van der Waals surface area (Å²) < 4.78 is 56.2. The summed E-state index contributed by atoms with van der Waals surface area (Å²) in [6.45, 7) is 1.80. The molecule has 11 heteroatoms. The molecule has 3 aromatic carbocycles. The maximum atomic E-state index is 14.7. The van der Waals surface area contributed by atoms with E-state index in [-0.39, 0.29) is 15.8 Å². The number of hydrogen-bond acceptors (Lipinski definition) is 4. The fourth-order valence-electron chi connectivity index (χ4n) is 3.43. The third kappa shape index (κ3) is 6.02. The van der Waals surface area contributed by atoms with E-state index in [9.17, 15) is 26.8 Å². The molecule has 1 atom stereocenters. The molecule has 35 heavy (non-hydrogen) atoms. The number of benzene rings is 3. The smallest absolute Gasteiger partial charge is 0.251 e. The van der Waals surface area contributed by atoms with E-state index in [0.717, 1.165) is 16.4 Å². The second-order valence-corrected chi connectivity index (χ2v) is 9.86. The number of nitrogens with zero attached hydrogens (tertiary/aromatic N) is 1. The van der Waals surface area contributed by atoms with Crippen molar-refractivity contribution in [2.45, 2.75) is 24.4 Å². The maximum absolute atomic E-state index is 14.7. The molecule has 3 rings (SSSR count). The Kier molecular flexibility index (Phi) is 8.21. The van der Waals surface area contributed by atoms with E-state index in [1.807, 2.05) is 0 Å². The van der Waals surface area contributed by atoms with Crippen molar-refractivity contribution in [3.63, 3.8) is 0 Å². The molecular weight excluding hydrogens is 500 g/mol. The first-order valence-electron chi connectivity index (χ1n) is 10.4. The first-order chi connectivity index (χ1) is 16.5. The standard InChI is InChI=1S/C24H22ClF2N3O4S/c1-2-29-24(32)16-5-3-15(4-6-16)14-30(35(33,34)19-10-7-17(25)8-11-19)22(23(28)31)20-12-9-18(26)13-21(20)27/h3-13,22H,2,14H2,1H3,(H2,28,31)(H,29,32). The highest BCUT2D eigenvalue weighted by atomic mass is 35.5. The van der Waals surface area contributed by atoms with E-state index >= 15 is 0 Å². The Bertz CT molecular complexity index is 1330. The van der Waals surface area contributed by atoms with E-state index in [1.54, 1.807) is 6.92 Å². The van der Waals surface area contributed by atoms with Crippen LogP contribution in [0.1, 0.15) is 34.5 Å². The van der Waals surface area contributed by atoms with E-state index in [0.29, 0.717) is 23.7 Å². The Hall–Kier alpha value is -3.34. The Morgan fingerprint density at radius 3 is 2.20 bits per heavy atom. The Balaban J connectivity index is 2.11. The van der Waals surface area contributed by atoms with Crippen LogP contribution in [0.3, 0.4) is 0 Å². The molecule has 0 saturated carbocycles. The van der Waals surface area contributed by atoms with Crippen LogP contribution in [-0.2, 0) is 21.4 Å². The number of nitrogens with two attached hydrogens (primary N) is 1. The summed E-state index contributed by atoms with van der Waals surface area (Å²) in [4.78, 5) is 24.3. The third-order valence-electron chi connectivity index (χ3n) is 5.13. The van der Waals surface area contributed by atoms with Gasteiger partial charge in [0.2, 0.25) is 15.9 Å². The van der Waals surface area contributed by atoms with Gasteiger partial charge in [-0.3, -0.25) is 9.59 Å². The lowest BCUT2D eigenvalue weighted by molar-refractivity contribution is -0.122. The summed E-state index contributed by atoms with van der Waals surface area (Å²) in [5.74, 6) is -3.50. The van der Waals surface area contributed by atoms with Gasteiger partial charge in [0.1, 0.15) is 17.7 Å². The van der Waals surface area contributed by atoms with Crippen LogP contribution in [0.4, 0.5) is 8.78 Å². The number of amides is 2. The average molecular weight is 522 g/mol. The number of carbonyl (C=O) groups is 2. The van der Waals surface area contributed by atoms with E-state index in [2.05, 4.69) is 5.32 Å². The van der Waals surface area contributed by atoms with E-state index < -0.39 is 45.7 Å². The number of rotatable bonds is 9. The molecule has 3 N–H and O–H groups in total. The van der Waals surface area contributed by atoms with Gasteiger partial charge in [0.05, 0.1) is 4.90 Å². The van der Waals surface area contributed by atoms with E-state index in [4.69, 9.17) is 17.3 Å². The summed E-state index contributed by atoms with van der Waals surface area (Å²) in [5.41, 5.74) is 5.88. The largest absolute Gasteiger partial charge is 0.368 e. The molecule has 0 aliphatic heterocycles. The molecule has 2 amide bonds. The monoisotopic (exact) mass is 521 g/mol. The van der Waals surface area contributed by atoms with Crippen molar-refractivity contribution in [3.8, 4) is 0 Å². The topological polar surface area (TPSA) is 110 Å².